The van der Waals surface area contributed by atoms with Crippen molar-refractivity contribution in [3.8, 4) is 0 Å². The van der Waals surface area contributed by atoms with Gasteiger partial charge in [-0.3, -0.25) is 14.4 Å². The largest absolute Gasteiger partial charge is 0.465 e. The Morgan fingerprint density at radius 2 is 1.95 bits per heavy atom. The SMILES string of the molecule is C=CCCCOC(=O)[C@@H]1[C@H]2C(=O)N(CCCO)C(C(=O)N(CC=C)c3ccc4ccccc4c3)C23S[C@@H]1CC3C. The van der Waals surface area contributed by atoms with Crippen LogP contribution in [0, 0.1) is 17.8 Å². The summed E-state index contributed by atoms with van der Waals surface area (Å²) in [6.07, 6.45) is 6.02. The van der Waals surface area contributed by atoms with Crippen molar-refractivity contribution in [2.75, 3.05) is 31.2 Å². The van der Waals surface area contributed by atoms with Crippen molar-refractivity contribution in [1.29, 1.82) is 0 Å². The minimum atomic E-state index is -0.758. The van der Waals surface area contributed by atoms with E-state index in [9.17, 15) is 19.5 Å². The van der Waals surface area contributed by atoms with Gasteiger partial charge in [-0.2, -0.15) is 0 Å². The first-order chi connectivity index (χ1) is 19.4. The molecule has 8 heteroatoms. The third-order valence-corrected chi connectivity index (χ3v) is 10.8. The molecule has 7 nitrogen and oxygen atoms in total. The Kier molecular flexibility index (Phi) is 8.38. The molecule has 3 unspecified atom stereocenters. The molecule has 2 amide bonds. The number of allylic oxidation sites excluding steroid dienone is 1. The fourth-order valence-electron chi connectivity index (χ4n) is 6.99. The number of nitrogens with zero attached hydrogens (tertiary/aromatic N) is 2. The van der Waals surface area contributed by atoms with Gasteiger partial charge in [-0.05, 0) is 54.5 Å². The summed E-state index contributed by atoms with van der Waals surface area (Å²) in [5, 5.41) is 11.7. The maximum Gasteiger partial charge on any atom is 0.310 e. The van der Waals surface area contributed by atoms with Gasteiger partial charge >= 0.3 is 5.97 Å². The fourth-order valence-corrected chi connectivity index (χ4v) is 9.39. The molecule has 6 atom stereocenters. The van der Waals surface area contributed by atoms with Gasteiger partial charge in [0.05, 0.1) is 23.2 Å². The molecule has 3 aliphatic heterocycles. The van der Waals surface area contributed by atoms with Crippen LogP contribution in [0.3, 0.4) is 0 Å². The molecular formula is C32H38N2O5S. The summed E-state index contributed by atoms with van der Waals surface area (Å²) in [6.45, 7) is 10.4. The minimum Gasteiger partial charge on any atom is -0.465 e. The van der Waals surface area contributed by atoms with E-state index in [1.807, 2.05) is 42.5 Å². The summed E-state index contributed by atoms with van der Waals surface area (Å²) in [5.74, 6) is -1.87. The van der Waals surface area contributed by atoms with Crippen molar-refractivity contribution < 1.29 is 24.2 Å². The molecule has 2 aromatic carbocycles. The number of aliphatic hydroxyl groups excluding tert-OH is 1. The van der Waals surface area contributed by atoms with Crippen LogP contribution in [0.5, 0.6) is 0 Å². The van der Waals surface area contributed by atoms with Gasteiger partial charge in [-0.25, -0.2) is 0 Å². The van der Waals surface area contributed by atoms with Gasteiger partial charge in [-0.1, -0.05) is 49.4 Å². The van der Waals surface area contributed by atoms with E-state index < -0.39 is 22.6 Å². The lowest BCUT2D eigenvalue weighted by atomic mass is 9.66. The van der Waals surface area contributed by atoms with Crippen LogP contribution in [0.15, 0.2) is 67.8 Å². The lowest BCUT2D eigenvalue weighted by Gasteiger charge is -2.40. The molecule has 3 heterocycles. The summed E-state index contributed by atoms with van der Waals surface area (Å²) >= 11 is 1.63. The lowest BCUT2D eigenvalue weighted by molar-refractivity contribution is -0.154. The molecule has 3 fully saturated rings. The van der Waals surface area contributed by atoms with Crippen LogP contribution in [0.4, 0.5) is 5.69 Å². The Morgan fingerprint density at radius 3 is 2.67 bits per heavy atom. The van der Waals surface area contributed by atoms with Crippen molar-refractivity contribution in [2.24, 2.45) is 17.8 Å². The van der Waals surface area contributed by atoms with E-state index >= 15 is 0 Å². The first kappa shape index (κ1) is 28.4. The van der Waals surface area contributed by atoms with E-state index in [2.05, 4.69) is 20.1 Å². The highest BCUT2D eigenvalue weighted by molar-refractivity contribution is 8.02. The zero-order chi connectivity index (χ0) is 28.4. The van der Waals surface area contributed by atoms with Crippen LogP contribution < -0.4 is 4.90 Å². The van der Waals surface area contributed by atoms with Gasteiger partial charge in [0, 0.05) is 30.6 Å². The number of aliphatic hydroxyl groups is 1. The number of fused-ring (bicyclic) bond motifs is 2. The second kappa shape index (κ2) is 11.8. The van der Waals surface area contributed by atoms with Crippen molar-refractivity contribution in [1.82, 2.24) is 4.90 Å². The highest BCUT2D eigenvalue weighted by Crippen LogP contribution is 2.68. The normalized spacial score (nSPS) is 28.5. The number of likely N-dealkylation sites (tertiary alicyclic amines) is 1. The number of esters is 1. The van der Waals surface area contributed by atoms with Gasteiger partial charge in [-0.15, -0.1) is 24.9 Å². The lowest BCUT2D eigenvalue weighted by Crippen LogP contribution is -2.57. The predicted molar refractivity (Wildman–Crippen MR) is 159 cm³/mol. The van der Waals surface area contributed by atoms with E-state index in [4.69, 9.17) is 4.74 Å². The molecule has 212 valence electrons. The second-order valence-corrected chi connectivity index (χ2v) is 12.6. The third kappa shape index (κ3) is 4.65. The standard InChI is InChI=1S/C32H38N2O5S/c1-4-6-9-18-39-31(38)26-25-19-21(3)32(40-25)27(26)29(36)34(16-10-17-35)28(32)30(37)33(15-5-2)24-14-13-22-11-7-8-12-23(22)20-24/h4-5,7-8,11-14,20-21,25-28,35H,1-2,6,9-10,15-19H2,3H3/t21?,25-,26+,27+,28?,32?/m1/s1. The number of carbonyl (C=O) groups is 3. The number of hydrogen-bond donors (Lipinski definition) is 1. The molecular weight excluding hydrogens is 524 g/mol. The van der Waals surface area contributed by atoms with Gasteiger partial charge in [0.25, 0.3) is 5.91 Å². The topological polar surface area (TPSA) is 87.1 Å². The summed E-state index contributed by atoms with van der Waals surface area (Å²) in [7, 11) is 0. The van der Waals surface area contributed by atoms with E-state index in [-0.39, 0.29) is 55.3 Å². The summed E-state index contributed by atoms with van der Waals surface area (Å²) in [5.41, 5.74) is 0.737. The van der Waals surface area contributed by atoms with Crippen molar-refractivity contribution >= 4 is 46.0 Å². The zero-order valence-electron chi connectivity index (χ0n) is 23.0. The molecule has 2 bridgehead atoms. The number of ether oxygens (including phenoxy) is 1. The number of anilines is 1. The fraction of sp³-hybridized carbons (Fsp3) is 0.469. The van der Waals surface area contributed by atoms with Gasteiger partial charge < -0.3 is 19.6 Å². The number of amides is 2. The second-order valence-electron chi connectivity index (χ2n) is 11.0. The van der Waals surface area contributed by atoms with Crippen LogP contribution in [0.25, 0.3) is 10.8 Å². The molecule has 5 rings (SSSR count). The van der Waals surface area contributed by atoms with Crippen LogP contribution in [0.2, 0.25) is 0 Å². The maximum atomic E-state index is 14.7. The number of benzene rings is 2. The van der Waals surface area contributed by atoms with Gasteiger partial charge in [0.2, 0.25) is 5.91 Å². The number of thioether (sulfide) groups is 1. The predicted octanol–water partition coefficient (Wildman–Crippen LogP) is 4.59. The van der Waals surface area contributed by atoms with Crippen molar-refractivity contribution in [3.63, 3.8) is 0 Å². The molecule has 0 saturated carbocycles. The van der Waals surface area contributed by atoms with Crippen molar-refractivity contribution in [3.05, 3.63) is 67.8 Å². The van der Waals surface area contributed by atoms with Gasteiger partial charge in [0.15, 0.2) is 0 Å². The Balaban J connectivity index is 1.53. The first-order valence-corrected chi connectivity index (χ1v) is 15.0. The molecule has 3 saturated heterocycles. The van der Waals surface area contributed by atoms with E-state index in [1.54, 1.807) is 33.7 Å². The molecule has 1 spiro atoms. The third-order valence-electron chi connectivity index (χ3n) is 8.73. The monoisotopic (exact) mass is 562 g/mol. The Bertz CT molecular complexity index is 1310. The Labute approximate surface area is 240 Å². The summed E-state index contributed by atoms with van der Waals surface area (Å²) < 4.78 is 4.92. The minimum absolute atomic E-state index is 0.0523. The Hall–Kier alpha value is -3.10. The molecule has 2 aromatic rings. The quantitative estimate of drug-likeness (QED) is 0.231. The number of unbranched alkanes of at least 4 members (excludes halogenated alkanes) is 1. The summed E-state index contributed by atoms with van der Waals surface area (Å²) in [6, 6.07) is 13.1. The molecule has 40 heavy (non-hydrogen) atoms. The van der Waals surface area contributed by atoms with Crippen molar-refractivity contribution in [2.45, 2.75) is 48.6 Å². The molecule has 1 N–H and O–H groups in total. The number of hydrogen-bond acceptors (Lipinski definition) is 6. The average molecular weight is 563 g/mol. The van der Waals surface area contributed by atoms with Crippen LogP contribution >= 0.6 is 11.8 Å². The van der Waals surface area contributed by atoms with E-state index in [0.717, 1.165) is 29.3 Å². The number of rotatable bonds is 12. The molecule has 0 radical (unpaired) electrons. The van der Waals surface area contributed by atoms with Crippen LogP contribution in [0.1, 0.15) is 32.6 Å². The zero-order valence-corrected chi connectivity index (χ0v) is 23.9. The highest BCUT2D eigenvalue weighted by atomic mass is 32.2. The highest BCUT2D eigenvalue weighted by Gasteiger charge is 2.76. The Morgan fingerprint density at radius 1 is 1.18 bits per heavy atom. The molecule has 0 aliphatic carbocycles. The summed E-state index contributed by atoms with van der Waals surface area (Å²) in [4.78, 5) is 45.5. The number of carbonyl (C=O) groups excluding carboxylic acids is 3. The first-order valence-electron chi connectivity index (χ1n) is 14.2. The van der Waals surface area contributed by atoms with Gasteiger partial charge in [0.1, 0.15) is 6.04 Å². The molecule has 0 aromatic heterocycles. The van der Waals surface area contributed by atoms with E-state index in [1.165, 1.54) is 0 Å². The van der Waals surface area contributed by atoms with E-state index in [0.29, 0.717) is 12.8 Å². The maximum absolute atomic E-state index is 14.7. The van der Waals surface area contributed by atoms with Crippen LogP contribution in [-0.2, 0) is 19.1 Å². The van der Waals surface area contributed by atoms with Crippen LogP contribution in [-0.4, -0.2) is 70.1 Å². The molecule has 3 aliphatic rings. The smallest absolute Gasteiger partial charge is 0.310 e. The average Bonchev–Trinajstić information content (AvgIpc) is 3.55.